The largest absolute Gasteiger partial charge is 0.493 e. The molecule has 0 spiro atoms. The van der Waals surface area contributed by atoms with Crippen LogP contribution in [-0.2, 0) is 13.8 Å². The first-order chi connectivity index (χ1) is 8.43. The summed E-state index contributed by atoms with van der Waals surface area (Å²) in [4.78, 5) is -0.136. The summed E-state index contributed by atoms with van der Waals surface area (Å²) in [5, 5.41) is 0. The van der Waals surface area contributed by atoms with E-state index in [0.717, 1.165) is 0 Å². The first-order valence-corrected chi connectivity index (χ1v) is 7.07. The van der Waals surface area contributed by atoms with E-state index in [-0.39, 0.29) is 28.9 Å². The molecule has 102 valence electrons. The Morgan fingerprint density at radius 1 is 1.11 bits per heavy atom. The fourth-order valence-electron chi connectivity index (χ4n) is 1.26. The fraction of sp³-hybridized carbons (Fsp3) is 0.400. The lowest BCUT2D eigenvalue weighted by molar-refractivity contribution is 0.0470. The van der Waals surface area contributed by atoms with E-state index in [2.05, 4.69) is 0 Å². The smallest absolute Gasteiger partial charge is 0.261 e. The summed E-state index contributed by atoms with van der Waals surface area (Å²) in [6.45, 7) is -0.0281. The predicted octanol–water partition coefficient (Wildman–Crippen LogP) is 1.61. The van der Waals surface area contributed by atoms with Gasteiger partial charge in [0.15, 0.2) is 18.3 Å². The topological polar surface area (TPSA) is 71.1 Å². The molecule has 0 heterocycles. The van der Waals surface area contributed by atoms with Crippen LogP contribution in [0.4, 0.5) is 0 Å². The summed E-state index contributed by atoms with van der Waals surface area (Å²) in [7, 11) is 5.59. The van der Waals surface area contributed by atoms with Gasteiger partial charge in [0.1, 0.15) is 0 Å². The van der Waals surface area contributed by atoms with Crippen LogP contribution in [0.5, 0.6) is 17.2 Å². The van der Waals surface area contributed by atoms with Crippen molar-refractivity contribution in [1.82, 2.24) is 0 Å². The zero-order valence-electron chi connectivity index (χ0n) is 10.1. The third-order valence-corrected chi connectivity index (χ3v) is 3.37. The van der Waals surface area contributed by atoms with E-state index in [1.54, 1.807) is 0 Å². The molecule has 6 nitrogen and oxygen atoms in total. The van der Waals surface area contributed by atoms with Gasteiger partial charge in [-0.1, -0.05) is 0 Å². The summed E-state index contributed by atoms with van der Waals surface area (Å²) in [6, 6.07) is 2.49. The number of hydrogen-bond acceptors (Lipinski definition) is 6. The zero-order valence-corrected chi connectivity index (χ0v) is 11.7. The molecule has 0 N–H and O–H groups in total. The number of methoxy groups -OCH3 is 3. The third-order valence-electron chi connectivity index (χ3n) is 2.04. The zero-order chi connectivity index (χ0) is 13.8. The molecule has 0 aliphatic heterocycles. The van der Waals surface area contributed by atoms with Gasteiger partial charge < -0.3 is 18.9 Å². The van der Waals surface area contributed by atoms with Crippen molar-refractivity contribution in [1.29, 1.82) is 0 Å². The highest BCUT2D eigenvalue weighted by Crippen LogP contribution is 2.40. The molecule has 0 aliphatic rings. The lowest BCUT2D eigenvalue weighted by atomic mass is 10.3. The van der Waals surface area contributed by atoms with Gasteiger partial charge in [-0.25, -0.2) is 8.42 Å². The van der Waals surface area contributed by atoms with Gasteiger partial charge in [0, 0.05) is 29.9 Å². The Balaban J connectivity index is 3.34. The van der Waals surface area contributed by atoms with E-state index < -0.39 is 9.05 Å². The van der Waals surface area contributed by atoms with E-state index in [4.69, 9.17) is 29.6 Å². The second-order valence-electron chi connectivity index (χ2n) is 3.15. The highest BCUT2D eigenvalue weighted by molar-refractivity contribution is 8.13. The second kappa shape index (κ2) is 6.12. The Morgan fingerprint density at radius 3 is 1.94 bits per heavy atom. The molecular formula is C10H13ClO6S. The summed E-state index contributed by atoms with van der Waals surface area (Å²) in [6.07, 6.45) is 0. The monoisotopic (exact) mass is 296 g/mol. The Hall–Kier alpha value is -1.18. The standard InChI is InChI=1S/C10H13ClO6S/c1-14-6-17-10-8(15-2)4-7(18(11,12)13)5-9(10)16-3/h4-5H,6H2,1-3H3. The van der Waals surface area contributed by atoms with Crippen molar-refractivity contribution in [2.45, 2.75) is 4.90 Å². The quantitative estimate of drug-likeness (QED) is 0.587. The van der Waals surface area contributed by atoms with Crippen LogP contribution in [0, 0.1) is 0 Å². The van der Waals surface area contributed by atoms with Crippen molar-refractivity contribution in [3.63, 3.8) is 0 Å². The molecular weight excluding hydrogens is 284 g/mol. The minimum absolute atomic E-state index is 0.0281. The van der Waals surface area contributed by atoms with Gasteiger partial charge in [0.05, 0.1) is 19.1 Å². The lowest BCUT2D eigenvalue weighted by Gasteiger charge is -2.14. The molecule has 0 unspecified atom stereocenters. The van der Waals surface area contributed by atoms with Crippen LogP contribution in [0.25, 0.3) is 0 Å². The van der Waals surface area contributed by atoms with Crippen LogP contribution in [0.2, 0.25) is 0 Å². The van der Waals surface area contributed by atoms with Crippen molar-refractivity contribution in [3.05, 3.63) is 12.1 Å². The van der Waals surface area contributed by atoms with E-state index in [1.165, 1.54) is 33.5 Å². The van der Waals surface area contributed by atoms with E-state index in [1.807, 2.05) is 0 Å². The third kappa shape index (κ3) is 3.41. The van der Waals surface area contributed by atoms with Gasteiger partial charge in [-0.15, -0.1) is 0 Å². The van der Waals surface area contributed by atoms with Gasteiger partial charge in [-0.3, -0.25) is 0 Å². The number of hydrogen-bond donors (Lipinski definition) is 0. The Morgan fingerprint density at radius 2 is 1.61 bits per heavy atom. The van der Waals surface area contributed by atoms with Crippen LogP contribution in [0.1, 0.15) is 0 Å². The minimum atomic E-state index is -3.88. The Labute approximate surface area is 110 Å². The summed E-state index contributed by atoms with van der Waals surface area (Å²) in [5.74, 6) is 0.613. The van der Waals surface area contributed by atoms with Gasteiger partial charge >= 0.3 is 0 Å². The Kier molecular flexibility index (Phi) is 5.06. The second-order valence-corrected chi connectivity index (χ2v) is 5.71. The molecule has 0 aliphatic carbocycles. The van der Waals surface area contributed by atoms with Gasteiger partial charge in [0.2, 0.25) is 5.75 Å². The molecule has 1 aromatic carbocycles. The van der Waals surface area contributed by atoms with Gasteiger partial charge in [-0.05, 0) is 0 Å². The first-order valence-electron chi connectivity index (χ1n) is 4.76. The molecule has 0 bridgehead atoms. The molecule has 0 saturated carbocycles. The Bertz CT molecular complexity index is 488. The molecule has 0 amide bonds. The van der Waals surface area contributed by atoms with E-state index >= 15 is 0 Å². The average Bonchev–Trinajstić information content (AvgIpc) is 2.33. The molecule has 0 radical (unpaired) electrons. The van der Waals surface area contributed by atoms with Crippen molar-refractivity contribution < 1.29 is 27.4 Å². The highest BCUT2D eigenvalue weighted by atomic mass is 35.7. The molecule has 1 rings (SSSR count). The normalized spacial score (nSPS) is 11.1. The number of rotatable bonds is 6. The lowest BCUT2D eigenvalue weighted by Crippen LogP contribution is -2.04. The maximum Gasteiger partial charge on any atom is 0.261 e. The predicted molar refractivity (Wildman–Crippen MR) is 65.1 cm³/mol. The molecule has 8 heteroatoms. The highest BCUT2D eigenvalue weighted by Gasteiger charge is 2.20. The van der Waals surface area contributed by atoms with Crippen molar-refractivity contribution in [2.75, 3.05) is 28.1 Å². The molecule has 0 aromatic heterocycles. The van der Waals surface area contributed by atoms with Crippen LogP contribution >= 0.6 is 10.7 Å². The van der Waals surface area contributed by atoms with E-state index in [0.29, 0.717) is 0 Å². The number of halogens is 1. The first kappa shape index (κ1) is 14.9. The minimum Gasteiger partial charge on any atom is -0.493 e. The maximum atomic E-state index is 11.3. The molecule has 0 fully saturated rings. The van der Waals surface area contributed by atoms with Crippen molar-refractivity contribution in [3.8, 4) is 17.2 Å². The molecule has 1 aromatic rings. The van der Waals surface area contributed by atoms with Crippen molar-refractivity contribution >= 4 is 19.7 Å². The maximum absolute atomic E-state index is 11.3. The van der Waals surface area contributed by atoms with Gasteiger partial charge in [-0.2, -0.15) is 0 Å². The number of ether oxygens (including phenoxy) is 4. The molecule has 18 heavy (non-hydrogen) atoms. The fourth-order valence-corrected chi connectivity index (χ4v) is 2.02. The molecule has 0 atom stereocenters. The summed E-state index contributed by atoms with van der Waals surface area (Å²) < 4.78 is 42.7. The number of benzene rings is 1. The summed E-state index contributed by atoms with van der Waals surface area (Å²) >= 11 is 0. The van der Waals surface area contributed by atoms with Crippen LogP contribution in [0.3, 0.4) is 0 Å². The summed E-state index contributed by atoms with van der Waals surface area (Å²) in [5.41, 5.74) is 0. The average molecular weight is 297 g/mol. The van der Waals surface area contributed by atoms with Crippen molar-refractivity contribution in [2.24, 2.45) is 0 Å². The van der Waals surface area contributed by atoms with E-state index in [9.17, 15) is 8.42 Å². The molecule has 0 saturated heterocycles. The van der Waals surface area contributed by atoms with Gasteiger partial charge in [0.25, 0.3) is 9.05 Å². The van der Waals surface area contributed by atoms with Crippen LogP contribution < -0.4 is 14.2 Å². The van der Waals surface area contributed by atoms with Crippen LogP contribution in [-0.4, -0.2) is 36.5 Å². The SMILES string of the molecule is COCOc1c(OC)cc(S(=O)(=O)Cl)cc1OC. The van der Waals surface area contributed by atoms with Crippen LogP contribution in [0.15, 0.2) is 17.0 Å².